The first-order chi connectivity index (χ1) is 9.95. The van der Waals surface area contributed by atoms with E-state index in [1.54, 1.807) is 0 Å². The summed E-state index contributed by atoms with van der Waals surface area (Å²) in [6.07, 6.45) is 8.61. The number of aliphatic hydroxyl groups is 1. The molecule has 0 radical (unpaired) electrons. The lowest BCUT2D eigenvalue weighted by molar-refractivity contribution is -0.255. The molecule has 3 heteroatoms. The lowest BCUT2D eigenvalue weighted by Gasteiger charge is -2.60. The third-order valence-corrected chi connectivity index (χ3v) is 7.93. The van der Waals surface area contributed by atoms with Crippen LogP contribution in [-0.4, -0.2) is 17.4 Å². The minimum Gasteiger partial charge on any atom is -0.435 e. The van der Waals surface area contributed by atoms with Crippen molar-refractivity contribution in [2.75, 3.05) is 0 Å². The van der Waals surface area contributed by atoms with E-state index >= 15 is 0 Å². The van der Waals surface area contributed by atoms with Crippen LogP contribution in [0.15, 0.2) is 0 Å². The average Bonchev–Trinajstić information content (AvgIpc) is 2.82. The van der Waals surface area contributed by atoms with Gasteiger partial charge in [-0.05, 0) is 67.6 Å². The fraction of sp³-hybridized carbons (Fsp3) is 0.944. The molecular weight excluding hydrogens is 264 g/mol. The molecule has 0 bridgehead atoms. The summed E-state index contributed by atoms with van der Waals surface area (Å²) in [5.74, 6) is 2.22. The second kappa shape index (κ2) is 4.47. The van der Waals surface area contributed by atoms with E-state index in [9.17, 15) is 9.90 Å². The van der Waals surface area contributed by atoms with Gasteiger partial charge in [0.1, 0.15) is 0 Å². The van der Waals surface area contributed by atoms with Crippen LogP contribution in [0.2, 0.25) is 0 Å². The summed E-state index contributed by atoms with van der Waals surface area (Å²) in [6, 6.07) is 0. The van der Waals surface area contributed by atoms with Crippen molar-refractivity contribution in [2.24, 2.45) is 34.5 Å². The molecular formula is C18H28O3. The van der Waals surface area contributed by atoms with Crippen LogP contribution < -0.4 is 0 Å². The summed E-state index contributed by atoms with van der Waals surface area (Å²) in [6.45, 7) is 4.69. The highest BCUT2D eigenvalue weighted by Crippen LogP contribution is 2.65. The van der Waals surface area contributed by atoms with Crippen LogP contribution in [0.3, 0.4) is 0 Å². The minimum atomic E-state index is -0.887. The molecule has 1 unspecified atom stereocenters. The highest BCUT2D eigenvalue weighted by molar-refractivity contribution is 5.71. The fourth-order valence-corrected chi connectivity index (χ4v) is 6.67. The Labute approximate surface area is 127 Å². The van der Waals surface area contributed by atoms with Crippen molar-refractivity contribution in [1.29, 1.82) is 0 Å². The number of carbonyl (C=O) groups excluding carboxylic acids is 1. The highest BCUT2D eigenvalue weighted by atomic mass is 16.6. The summed E-state index contributed by atoms with van der Waals surface area (Å²) in [5, 5.41) is 10.5. The van der Waals surface area contributed by atoms with Gasteiger partial charge >= 0.3 is 5.97 Å². The molecule has 4 fully saturated rings. The van der Waals surface area contributed by atoms with E-state index < -0.39 is 6.29 Å². The molecule has 1 heterocycles. The van der Waals surface area contributed by atoms with E-state index in [0.717, 1.165) is 18.3 Å². The summed E-state index contributed by atoms with van der Waals surface area (Å²) >= 11 is 0. The zero-order valence-electron chi connectivity index (χ0n) is 13.3. The monoisotopic (exact) mass is 292 g/mol. The number of cyclic esters (lactones) is 1. The van der Waals surface area contributed by atoms with Crippen LogP contribution >= 0.6 is 0 Å². The zero-order chi connectivity index (χ0) is 14.8. The average molecular weight is 292 g/mol. The normalized spacial score (nSPS) is 56.1. The Bertz CT molecular complexity index is 461. The van der Waals surface area contributed by atoms with Gasteiger partial charge in [0.2, 0.25) is 6.29 Å². The number of rotatable bonds is 0. The Balaban J connectivity index is 1.67. The lowest BCUT2D eigenvalue weighted by atomic mass is 9.47. The summed E-state index contributed by atoms with van der Waals surface area (Å²) in [7, 11) is 0. The molecule has 7 atom stereocenters. The standard InChI is InChI=1S/C18H28O3/c1-17-8-3-4-13(17)12-6-5-11-10-15(19)21-16(20)18(11,2)14(12)7-9-17/h11-14,16,20H,3-10H2,1-2H3/t11-,12-,13-,14-,16?,17-,18-/m0/s1. The van der Waals surface area contributed by atoms with Crippen LogP contribution in [0, 0.1) is 34.5 Å². The number of fused-ring (bicyclic) bond motifs is 5. The molecule has 1 saturated heterocycles. The van der Waals surface area contributed by atoms with E-state index in [1.807, 2.05) is 0 Å². The molecule has 21 heavy (non-hydrogen) atoms. The van der Waals surface area contributed by atoms with Crippen molar-refractivity contribution in [1.82, 2.24) is 0 Å². The quantitative estimate of drug-likeness (QED) is 0.695. The van der Waals surface area contributed by atoms with Crippen molar-refractivity contribution in [3.63, 3.8) is 0 Å². The van der Waals surface area contributed by atoms with Gasteiger partial charge in [0.15, 0.2) is 0 Å². The molecule has 0 spiro atoms. The van der Waals surface area contributed by atoms with Crippen molar-refractivity contribution < 1.29 is 14.6 Å². The number of esters is 1. The molecule has 0 amide bonds. The highest BCUT2D eigenvalue weighted by Gasteiger charge is 2.61. The van der Waals surface area contributed by atoms with Gasteiger partial charge in [-0.2, -0.15) is 0 Å². The number of hydrogen-bond acceptors (Lipinski definition) is 3. The van der Waals surface area contributed by atoms with Crippen LogP contribution in [0.4, 0.5) is 0 Å². The maximum atomic E-state index is 11.7. The molecule has 3 nitrogen and oxygen atoms in total. The van der Waals surface area contributed by atoms with Crippen LogP contribution in [0.25, 0.3) is 0 Å². The Morgan fingerprint density at radius 2 is 1.90 bits per heavy atom. The van der Waals surface area contributed by atoms with E-state index in [0.29, 0.717) is 23.7 Å². The minimum absolute atomic E-state index is 0.204. The predicted octanol–water partition coefficient (Wildman–Crippen LogP) is 3.50. The number of aliphatic hydroxyl groups excluding tert-OH is 1. The third-order valence-electron chi connectivity index (χ3n) is 7.93. The second-order valence-corrected chi connectivity index (χ2v) is 8.65. The predicted molar refractivity (Wildman–Crippen MR) is 79.2 cm³/mol. The molecule has 118 valence electrons. The van der Waals surface area contributed by atoms with Gasteiger partial charge in [-0.1, -0.05) is 20.3 Å². The Morgan fingerprint density at radius 3 is 2.71 bits per heavy atom. The Kier molecular flexibility index (Phi) is 2.99. The number of ether oxygens (including phenoxy) is 1. The van der Waals surface area contributed by atoms with Gasteiger partial charge in [-0.3, -0.25) is 4.79 Å². The first kappa shape index (κ1) is 14.0. The number of carbonyl (C=O) groups is 1. The van der Waals surface area contributed by atoms with Crippen molar-refractivity contribution >= 4 is 5.97 Å². The molecule has 1 N–H and O–H groups in total. The molecule has 0 aromatic heterocycles. The van der Waals surface area contributed by atoms with E-state index in [-0.39, 0.29) is 11.4 Å². The molecule has 4 aliphatic rings. The lowest BCUT2D eigenvalue weighted by Crippen LogP contribution is -2.59. The molecule has 1 aliphatic heterocycles. The Hall–Kier alpha value is -0.570. The van der Waals surface area contributed by atoms with Gasteiger partial charge in [-0.15, -0.1) is 0 Å². The molecule has 3 aliphatic carbocycles. The van der Waals surface area contributed by atoms with Gasteiger partial charge in [-0.25, -0.2) is 0 Å². The third kappa shape index (κ3) is 1.79. The first-order valence-corrected chi connectivity index (χ1v) is 8.83. The van der Waals surface area contributed by atoms with Crippen LogP contribution in [-0.2, 0) is 9.53 Å². The molecule has 4 rings (SSSR count). The summed E-state index contributed by atoms with van der Waals surface area (Å²) < 4.78 is 5.26. The van der Waals surface area contributed by atoms with Gasteiger partial charge in [0.25, 0.3) is 0 Å². The maximum absolute atomic E-state index is 11.7. The maximum Gasteiger partial charge on any atom is 0.308 e. The second-order valence-electron chi connectivity index (χ2n) is 8.65. The largest absolute Gasteiger partial charge is 0.435 e. The van der Waals surface area contributed by atoms with Crippen molar-refractivity contribution in [2.45, 2.75) is 71.5 Å². The van der Waals surface area contributed by atoms with E-state index in [4.69, 9.17) is 4.74 Å². The van der Waals surface area contributed by atoms with Crippen molar-refractivity contribution in [3.05, 3.63) is 0 Å². The fourth-order valence-electron chi connectivity index (χ4n) is 6.67. The zero-order valence-corrected chi connectivity index (χ0v) is 13.3. The SMILES string of the molecule is C[C@@]12CCC[C@H]1[C@@H]1CC[C@H]3CC(=O)OC(O)[C@]3(C)[C@H]1CC2. The molecule has 0 aromatic rings. The topological polar surface area (TPSA) is 46.5 Å². The summed E-state index contributed by atoms with van der Waals surface area (Å²) in [4.78, 5) is 11.7. The molecule has 3 saturated carbocycles. The van der Waals surface area contributed by atoms with Crippen molar-refractivity contribution in [3.8, 4) is 0 Å². The van der Waals surface area contributed by atoms with E-state index in [1.165, 1.54) is 38.5 Å². The smallest absolute Gasteiger partial charge is 0.308 e. The van der Waals surface area contributed by atoms with Gasteiger partial charge in [0, 0.05) is 11.8 Å². The van der Waals surface area contributed by atoms with Gasteiger partial charge in [0.05, 0.1) is 0 Å². The first-order valence-electron chi connectivity index (χ1n) is 8.83. The van der Waals surface area contributed by atoms with Gasteiger partial charge < -0.3 is 9.84 Å². The number of hydrogen-bond donors (Lipinski definition) is 1. The van der Waals surface area contributed by atoms with Crippen LogP contribution in [0.5, 0.6) is 0 Å². The Morgan fingerprint density at radius 1 is 1.10 bits per heavy atom. The molecule has 0 aromatic carbocycles. The summed E-state index contributed by atoms with van der Waals surface area (Å²) in [5.41, 5.74) is 0.335. The van der Waals surface area contributed by atoms with Crippen LogP contribution in [0.1, 0.15) is 65.2 Å². The van der Waals surface area contributed by atoms with E-state index in [2.05, 4.69) is 13.8 Å².